The standard InChI is InChI=1S/C24H23ClO4/c1-14-19(13-26)17-7-5-6-8-18(17)21(15-9-11-16(25)12-10-15)20(14)22(23(27)28)29-24(2,3)4/h5-13,22H,1-4H3,(H,27,28). The van der Waals surface area contributed by atoms with E-state index in [-0.39, 0.29) is 0 Å². The van der Waals surface area contributed by atoms with Crippen LogP contribution in [-0.2, 0) is 9.53 Å². The van der Waals surface area contributed by atoms with Gasteiger partial charge in [0.05, 0.1) is 5.60 Å². The minimum absolute atomic E-state index is 0.470. The highest BCUT2D eigenvalue weighted by Crippen LogP contribution is 2.42. The summed E-state index contributed by atoms with van der Waals surface area (Å²) in [5.74, 6) is -1.11. The van der Waals surface area contributed by atoms with E-state index < -0.39 is 17.7 Å². The van der Waals surface area contributed by atoms with Gasteiger partial charge in [-0.2, -0.15) is 0 Å². The Morgan fingerprint density at radius 3 is 2.17 bits per heavy atom. The van der Waals surface area contributed by atoms with Crippen LogP contribution in [0.15, 0.2) is 48.5 Å². The highest BCUT2D eigenvalue weighted by molar-refractivity contribution is 6.30. The molecule has 0 radical (unpaired) electrons. The van der Waals surface area contributed by atoms with Gasteiger partial charge in [0, 0.05) is 16.1 Å². The minimum atomic E-state index is -1.23. The molecule has 0 aliphatic carbocycles. The van der Waals surface area contributed by atoms with Crippen LogP contribution < -0.4 is 0 Å². The maximum absolute atomic E-state index is 12.3. The Labute approximate surface area is 175 Å². The average molecular weight is 411 g/mol. The van der Waals surface area contributed by atoms with Crippen LogP contribution in [0.2, 0.25) is 5.02 Å². The Bertz CT molecular complexity index is 1080. The first-order valence-corrected chi connectivity index (χ1v) is 9.68. The van der Waals surface area contributed by atoms with E-state index in [1.54, 1.807) is 19.1 Å². The molecule has 0 saturated heterocycles. The molecule has 0 bridgehead atoms. The number of aliphatic carboxylic acids is 1. The second kappa shape index (κ2) is 7.97. The van der Waals surface area contributed by atoms with Gasteiger partial charge in [0.15, 0.2) is 12.4 Å². The first-order chi connectivity index (χ1) is 13.6. The summed E-state index contributed by atoms with van der Waals surface area (Å²) in [5, 5.41) is 12.2. The van der Waals surface area contributed by atoms with Crippen molar-refractivity contribution in [3.8, 4) is 11.1 Å². The van der Waals surface area contributed by atoms with Crippen molar-refractivity contribution in [2.75, 3.05) is 0 Å². The fourth-order valence-corrected chi connectivity index (χ4v) is 3.74. The number of carbonyl (C=O) groups excluding carboxylic acids is 1. The van der Waals surface area contributed by atoms with Crippen molar-refractivity contribution in [2.45, 2.75) is 39.4 Å². The van der Waals surface area contributed by atoms with Crippen LogP contribution in [-0.4, -0.2) is 23.0 Å². The molecular weight excluding hydrogens is 388 g/mol. The fraction of sp³-hybridized carbons (Fsp3) is 0.250. The van der Waals surface area contributed by atoms with Crippen LogP contribution in [0.4, 0.5) is 0 Å². The van der Waals surface area contributed by atoms with E-state index in [1.165, 1.54) is 0 Å². The Hall–Kier alpha value is -2.69. The molecule has 0 saturated carbocycles. The van der Waals surface area contributed by atoms with Crippen LogP contribution in [0.5, 0.6) is 0 Å². The molecule has 0 aliphatic heterocycles. The molecule has 0 fully saturated rings. The molecule has 3 aromatic carbocycles. The van der Waals surface area contributed by atoms with Crippen molar-refractivity contribution >= 4 is 34.6 Å². The molecule has 3 aromatic rings. The van der Waals surface area contributed by atoms with E-state index in [1.807, 2.05) is 57.2 Å². The van der Waals surface area contributed by atoms with Gasteiger partial charge >= 0.3 is 5.97 Å². The molecule has 1 unspecified atom stereocenters. The first-order valence-electron chi connectivity index (χ1n) is 9.31. The molecular formula is C24H23ClO4. The molecule has 0 spiro atoms. The third-order valence-electron chi connectivity index (χ3n) is 4.77. The summed E-state index contributed by atoms with van der Waals surface area (Å²) in [7, 11) is 0. The van der Waals surface area contributed by atoms with E-state index in [0.29, 0.717) is 21.7 Å². The van der Waals surface area contributed by atoms with Gasteiger partial charge in [-0.15, -0.1) is 0 Å². The van der Waals surface area contributed by atoms with Crippen LogP contribution in [0.3, 0.4) is 0 Å². The number of hydrogen-bond acceptors (Lipinski definition) is 3. The first kappa shape index (κ1) is 21.0. The predicted octanol–water partition coefficient (Wildman–Crippen LogP) is 6.22. The number of hydrogen-bond donors (Lipinski definition) is 1. The smallest absolute Gasteiger partial charge is 0.337 e. The summed E-state index contributed by atoms with van der Waals surface area (Å²) in [6, 6.07) is 14.7. The predicted molar refractivity (Wildman–Crippen MR) is 116 cm³/mol. The Morgan fingerprint density at radius 1 is 1.07 bits per heavy atom. The lowest BCUT2D eigenvalue weighted by atomic mass is 9.84. The molecule has 0 aromatic heterocycles. The van der Waals surface area contributed by atoms with E-state index >= 15 is 0 Å². The molecule has 0 amide bonds. The summed E-state index contributed by atoms with van der Waals surface area (Å²) in [6.07, 6.45) is -0.452. The van der Waals surface area contributed by atoms with E-state index in [0.717, 1.165) is 28.2 Å². The molecule has 5 heteroatoms. The zero-order chi connectivity index (χ0) is 21.3. The SMILES string of the molecule is Cc1c(C(OC(C)(C)C)C(=O)O)c(-c2ccc(Cl)cc2)c2ccccc2c1C=O. The van der Waals surface area contributed by atoms with Gasteiger partial charge in [-0.1, -0.05) is 48.0 Å². The van der Waals surface area contributed by atoms with E-state index in [2.05, 4.69) is 0 Å². The summed E-state index contributed by atoms with van der Waals surface area (Å²) in [6.45, 7) is 7.19. The second-order valence-corrected chi connectivity index (χ2v) is 8.38. The van der Waals surface area contributed by atoms with Gasteiger partial charge in [0.1, 0.15) is 0 Å². The lowest BCUT2D eigenvalue weighted by Gasteiger charge is -2.29. The monoisotopic (exact) mass is 410 g/mol. The number of carboxylic acids is 1. The highest BCUT2D eigenvalue weighted by atomic mass is 35.5. The molecule has 0 aliphatic rings. The van der Waals surface area contributed by atoms with Gasteiger partial charge in [0.2, 0.25) is 0 Å². The molecule has 4 nitrogen and oxygen atoms in total. The van der Waals surface area contributed by atoms with Gasteiger partial charge in [-0.3, -0.25) is 4.79 Å². The largest absolute Gasteiger partial charge is 0.479 e. The van der Waals surface area contributed by atoms with E-state index in [9.17, 15) is 14.7 Å². The third-order valence-corrected chi connectivity index (χ3v) is 5.02. The molecule has 150 valence electrons. The number of ether oxygens (including phenoxy) is 1. The lowest BCUT2D eigenvalue weighted by Crippen LogP contribution is -2.28. The number of rotatable bonds is 5. The molecule has 0 heterocycles. The second-order valence-electron chi connectivity index (χ2n) is 7.95. The normalized spacial score (nSPS) is 12.7. The Morgan fingerprint density at radius 2 is 1.66 bits per heavy atom. The number of carbonyl (C=O) groups is 2. The number of halogens is 1. The summed E-state index contributed by atoms with van der Waals surface area (Å²) < 4.78 is 5.96. The molecule has 29 heavy (non-hydrogen) atoms. The molecule has 1 N–H and O–H groups in total. The van der Waals surface area contributed by atoms with Gasteiger partial charge in [0.25, 0.3) is 0 Å². The summed E-state index contributed by atoms with van der Waals surface area (Å²) in [4.78, 5) is 24.2. The van der Waals surface area contributed by atoms with Gasteiger partial charge < -0.3 is 9.84 Å². The molecule has 1 atom stereocenters. The quantitative estimate of drug-likeness (QED) is 0.507. The fourth-order valence-electron chi connectivity index (χ4n) is 3.61. The lowest BCUT2D eigenvalue weighted by molar-refractivity contribution is -0.160. The average Bonchev–Trinajstić information content (AvgIpc) is 2.65. The minimum Gasteiger partial charge on any atom is -0.479 e. The summed E-state index contributed by atoms with van der Waals surface area (Å²) >= 11 is 6.07. The van der Waals surface area contributed by atoms with Crippen LogP contribution >= 0.6 is 11.6 Å². The third kappa shape index (κ3) is 4.19. The van der Waals surface area contributed by atoms with Crippen molar-refractivity contribution in [2.24, 2.45) is 0 Å². The number of fused-ring (bicyclic) bond motifs is 1. The number of aldehydes is 1. The maximum Gasteiger partial charge on any atom is 0.337 e. The zero-order valence-electron chi connectivity index (χ0n) is 16.8. The zero-order valence-corrected chi connectivity index (χ0v) is 17.6. The summed E-state index contributed by atoms with van der Waals surface area (Å²) in [5.41, 5.74) is 2.40. The van der Waals surface area contributed by atoms with Crippen LogP contribution in [0.25, 0.3) is 21.9 Å². The maximum atomic E-state index is 12.3. The van der Waals surface area contributed by atoms with Crippen molar-refractivity contribution in [3.05, 3.63) is 70.2 Å². The van der Waals surface area contributed by atoms with Crippen molar-refractivity contribution in [1.29, 1.82) is 0 Å². The number of carboxylic acid groups (broad SMARTS) is 1. The topological polar surface area (TPSA) is 63.6 Å². The Kier molecular flexibility index (Phi) is 5.78. The van der Waals surface area contributed by atoms with E-state index in [4.69, 9.17) is 16.3 Å². The Balaban J connectivity index is 2.48. The molecule has 3 rings (SSSR count). The van der Waals surface area contributed by atoms with Crippen molar-refractivity contribution in [1.82, 2.24) is 0 Å². The van der Waals surface area contributed by atoms with Crippen LogP contribution in [0, 0.1) is 6.92 Å². The highest BCUT2D eigenvalue weighted by Gasteiger charge is 2.32. The number of benzene rings is 3. The van der Waals surface area contributed by atoms with Crippen molar-refractivity contribution in [3.63, 3.8) is 0 Å². The van der Waals surface area contributed by atoms with Gasteiger partial charge in [-0.25, -0.2) is 4.79 Å². The van der Waals surface area contributed by atoms with Crippen molar-refractivity contribution < 1.29 is 19.4 Å². The van der Waals surface area contributed by atoms with Crippen LogP contribution in [0.1, 0.15) is 48.4 Å². The van der Waals surface area contributed by atoms with Gasteiger partial charge in [-0.05, 0) is 67.3 Å².